The highest BCUT2D eigenvalue weighted by Gasteiger charge is 2.08. The monoisotopic (exact) mass is 272 g/mol. The average molecular weight is 272 g/mol. The Kier molecular flexibility index (Phi) is 3.43. The first kappa shape index (κ1) is 12.7. The lowest BCUT2D eigenvalue weighted by atomic mass is 10.2. The highest BCUT2D eigenvalue weighted by Crippen LogP contribution is 2.28. The number of fused-ring (bicyclic) bond motifs is 1. The van der Waals surface area contributed by atoms with Gasteiger partial charge < -0.3 is 18.9 Å². The van der Waals surface area contributed by atoms with E-state index < -0.39 is 0 Å². The van der Waals surface area contributed by atoms with Gasteiger partial charge in [-0.1, -0.05) is 12.1 Å². The number of aryl methyl sites for hydroxylation is 1. The number of furan rings is 1. The fourth-order valence-corrected chi connectivity index (χ4v) is 2.11. The molecule has 3 aromatic rings. The van der Waals surface area contributed by atoms with E-state index in [2.05, 4.69) is 10.3 Å². The third-order valence-electron chi connectivity index (χ3n) is 3.02. The molecule has 0 atom stereocenters. The maximum absolute atomic E-state index is 5.79. The highest BCUT2D eigenvalue weighted by atomic mass is 16.5. The van der Waals surface area contributed by atoms with Crippen LogP contribution >= 0.6 is 0 Å². The minimum absolute atomic E-state index is 0.571. The number of nitrogens with one attached hydrogen (secondary N) is 1. The van der Waals surface area contributed by atoms with E-state index in [9.17, 15) is 0 Å². The first-order valence-corrected chi connectivity index (χ1v) is 6.43. The molecule has 0 aliphatic heterocycles. The van der Waals surface area contributed by atoms with Crippen molar-refractivity contribution in [1.82, 2.24) is 10.3 Å². The molecule has 20 heavy (non-hydrogen) atoms. The number of methoxy groups -OCH3 is 1. The standard InChI is InChI=1S/C15H16N2O3/c1-10-7-17-14(19-10)9-16-8-12-6-11-4-3-5-13(18-2)15(11)20-12/h3-7,16H,8-9H2,1-2H3. The molecule has 0 saturated carbocycles. The van der Waals surface area contributed by atoms with Gasteiger partial charge in [-0.2, -0.15) is 0 Å². The summed E-state index contributed by atoms with van der Waals surface area (Å²) < 4.78 is 16.5. The maximum Gasteiger partial charge on any atom is 0.208 e. The van der Waals surface area contributed by atoms with Crippen LogP contribution in [0.1, 0.15) is 17.4 Å². The summed E-state index contributed by atoms with van der Waals surface area (Å²) in [5.74, 6) is 3.09. The Morgan fingerprint density at radius 2 is 2.15 bits per heavy atom. The van der Waals surface area contributed by atoms with Gasteiger partial charge in [0.25, 0.3) is 0 Å². The zero-order valence-electron chi connectivity index (χ0n) is 11.5. The number of aromatic nitrogens is 1. The summed E-state index contributed by atoms with van der Waals surface area (Å²) in [6, 6.07) is 7.84. The third-order valence-corrected chi connectivity index (χ3v) is 3.02. The van der Waals surface area contributed by atoms with Gasteiger partial charge in [-0.15, -0.1) is 0 Å². The van der Waals surface area contributed by atoms with Crippen molar-refractivity contribution >= 4 is 11.0 Å². The Balaban J connectivity index is 1.68. The Bertz CT molecular complexity index is 715. The Morgan fingerprint density at radius 1 is 1.25 bits per heavy atom. The Morgan fingerprint density at radius 3 is 2.90 bits per heavy atom. The van der Waals surface area contributed by atoms with Crippen LogP contribution in [0, 0.1) is 6.92 Å². The van der Waals surface area contributed by atoms with E-state index in [0.717, 1.165) is 28.2 Å². The van der Waals surface area contributed by atoms with Crippen LogP contribution in [0.5, 0.6) is 5.75 Å². The van der Waals surface area contributed by atoms with Gasteiger partial charge in [-0.25, -0.2) is 4.98 Å². The van der Waals surface area contributed by atoms with Crippen molar-refractivity contribution in [2.75, 3.05) is 7.11 Å². The number of benzene rings is 1. The first-order chi connectivity index (χ1) is 9.76. The molecule has 0 amide bonds. The molecule has 0 saturated heterocycles. The maximum atomic E-state index is 5.79. The van der Waals surface area contributed by atoms with Crippen LogP contribution in [0.4, 0.5) is 0 Å². The van der Waals surface area contributed by atoms with Crippen LogP contribution < -0.4 is 10.1 Å². The third kappa shape index (κ3) is 2.53. The van der Waals surface area contributed by atoms with Gasteiger partial charge in [-0.05, 0) is 19.1 Å². The molecule has 5 nitrogen and oxygen atoms in total. The van der Waals surface area contributed by atoms with Crippen LogP contribution in [0.25, 0.3) is 11.0 Å². The van der Waals surface area contributed by atoms with Crippen molar-refractivity contribution in [3.05, 3.63) is 47.9 Å². The van der Waals surface area contributed by atoms with E-state index in [-0.39, 0.29) is 0 Å². The van der Waals surface area contributed by atoms with Gasteiger partial charge in [-0.3, -0.25) is 0 Å². The zero-order valence-corrected chi connectivity index (χ0v) is 11.5. The molecule has 1 aromatic carbocycles. The predicted octanol–water partition coefficient (Wildman–Crippen LogP) is 3.03. The quantitative estimate of drug-likeness (QED) is 0.773. The number of hydrogen-bond acceptors (Lipinski definition) is 5. The van der Waals surface area contributed by atoms with Crippen molar-refractivity contribution in [2.45, 2.75) is 20.0 Å². The summed E-state index contributed by atoms with van der Waals surface area (Å²) >= 11 is 0. The van der Waals surface area contributed by atoms with Gasteiger partial charge >= 0.3 is 0 Å². The molecular formula is C15H16N2O3. The Labute approximate surface area is 116 Å². The molecular weight excluding hydrogens is 256 g/mol. The van der Waals surface area contributed by atoms with Crippen LogP contribution in [-0.2, 0) is 13.1 Å². The molecule has 2 heterocycles. The van der Waals surface area contributed by atoms with Crippen molar-refractivity contribution in [3.8, 4) is 5.75 Å². The van der Waals surface area contributed by atoms with E-state index in [0.29, 0.717) is 19.0 Å². The zero-order chi connectivity index (χ0) is 13.9. The number of oxazole rings is 1. The number of para-hydroxylation sites is 1. The fourth-order valence-electron chi connectivity index (χ4n) is 2.11. The molecule has 1 N–H and O–H groups in total. The second-order valence-corrected chi connectivity index (χ2v) is 4.56. The van der Waals surface area contributed by atoms with Crippen LogP contribution in [0.3, 0.4) is 0 Å². The normalized spacial score (nSPS) is 11.1. The van der Waals surface area contributed by atoms with Gasteiger partial charge in [0.05, 0.1) is 26.4 Å². The van der Waals surface area contributed by atoms with E-state index in [1.807, 2.05) is 31.2 Å². The lowest BCUT2D eigenvalue weighted by molar-refractivity contribution is 0.404. The predicted molar refractivity (Wildman–Crippen MR) is 74.5 cm³/mol. The lowest BCUT2D eigenvalue weighted by Crippen LogP contribution is -2.12. The smallest absolute Gasteiger partial charge is 0.208 e. The minimum atomic E-state index is 0.571. The molecule has 3 rings (SSSR count). The molecule has 104 valence electrons. The summed E-state index contributed by atoms with van der Waals surface area (Å²) in [7, 11) is 1.64. The van der Waals surface area contributed by atoms with Crippen molar-refractivity contribution in [2.24, 2.45) is 0 Å². The summed E-state index contributed by atoms with van der Waals surface area (Å²) in [6.45, 7) is 3.06. The van der Waals surface area contributed by atoms with Gasteiger partial charge in [0, 0.05) is 5.39 Å². The molecule has 0 bridgehead atoms. The SMILES string of the molecule is COc1cccc2cc(CNCc3ncc(C)o3)oc12. The molecule has 0 radical (unpaired) electrons. The molecule has 5 heteroatoms. The van der Waals surface area contributed by atoms with Gasteiger partial charge in [0.1, 0.15) is 11.5 Å². The lowest BCUT2D eigenvalue weighted by Gasteiger charge is -2.00. The second-order valence-electron chi connectivity index (χ2n) is 4.56. The fraction of sp³-hybridized carbons (Fsp3) is 0.267. The van der Waals surface area contributed by atoms with E-state index >= 15 is 0 Å². The van der Waals surface area contributed by atoms with Gasteiger partial charge in [0.2, 0.25) is 5.89 Å². The van der Waals surface area contributed by atoms with E-state index in [1.165, 1.54) is 0 Å². The van der Waals surface area contributed by atoms with Gasteiger partial charge in [0.15, 0.2) is 11.3 Å². The number of nitrogens with zero attached hydrogens (tertiary/aromatic N) is 1. The molecule has 0 aliphatic rings. The molecule has 0 aliphatic carbocycles. The summed E-state index contributed by atoms with van der Waals surface area (Å²) in [4.78, 5) is 4.14. The summed E-state index contributed by atoms with van der Waals surface area (Å²) in [6.07, 6.45) is 1.71. The van der Waals surface area contributed by atoms with E-state index in [1.54, 1.807) is 13.3 Å². The van der Waals surface area contributed by atoms with E-state index in [4.69, 9.17) is 13.6 Å². The number of ether oxygens (including phenoxy) is 1. The number of hydrogen-bond donors (Lipinski definition) is 1. The summed E-state index contributed by atoms with van der Waals surface area (Å²) in [5.41, 5.74) is 0.777. The van der Waals surface area contributed by atoms with Crippen molar-refractivity contribution in [3.63, 3.8) is 0 Å². The van der Waals surface area contributed by atoms with Crippen LogP contribution in [-0.4, -0.2) is 12.1 Å². The van der Waals surface area contributed by atoms with Crippen LogP contribution in [0.15, 0.2) is 39.3 Å². The molecule has 0 unspecified atom stereocenters. The topological polar surface area (TPSA) is 60.4 Å². The molecule has 2 aromatic heterocycles. The molecule has 0 fully saturated rings. The largest absolute Gasteiger partial charge is 0.493 e. The number of rotatable bonds is 5. The summed E-state index contributed by atoms with van der Waals surface area (Å²) in [5, 5.41) is 4.27. The second kappa shape index (κ2) is 5.38. The van der Waals surface area contributed by atoms with Crippen molar-refractivity contribution < 1.29 is 13.6 Å². The van der Waals surface area contributed by atoms with Crippen molar-refractivity contribution in [1.29, 1.82) is 0 Å². The van der Waals surface area contributed by atoms with Crippen LogP contribution in [0.2, 0.25) is 0 Å². The molecule has 0 spiro atoms. The first-order valence-electron chi connectivity index (χ1n) is 6.43. The highest BCUT2D eigenvalue weighted by molar-refractivity contribution is 5.83. The average Bonchev–Trinajstić information content (AvgIpc) is 3.04. The Hall–Kier alpha value is -2.27. The minimum Gasteiger partial charge on any atom is -0.493 e.